The van der Waals surface area contributed by atoms with Crippen molar-refractivity contribution in [3.63, 3.8) is 0 Å². The number of aromatic amines is 1. The Kier molecular flexibility index (Phi) is 5.50. The van der Waals surface area contributed by atoms with Gasteiger partial charge in [-0.1, -0.05) is 38.1 Å². The highest BCUT2D eigenvalue weighted by Gasteiger charge is 2.32. The van der Waals surface area contributed by atoms with Crippen LogP contribution in [0.5, 0.6) is 0 Å². The van der Waals surface area contributed by atoms with Crippen molar-refractivity contribution in [2.75, 3.05) is 26.2 Å². The number of aryl methyl sites for hydroxylation is 2. The highest BCUT2D eigenvalue weighted by atomic mass is 32.2. The summed E-state index contributed by atoms with van der Waals surface area (Å²) in [4.78, 5) is 2.64. The lowest BCUT2D eigenvalue weighted by molar-refractivity contribution is 0.181. The van der Waals surface area contributed by atoms with Gasteiger partial charge in [0.2, 0.25) is 10.0 Å². The maximum absolute atomic E-state index is 12.9. The molecule has 3 rings (SSSR count). The number of hydrogen-bond donors (Lipinski definition) is 1. The summed E-state index contributed by atoms with van der Waals surface area (Å²) in [6, 6.07) is 8.73. The zero-order chi connectivity index (χ0) is 18.9. The van der Waals surface area contributed by atoms with Gasteiger partial charge in [0.1, 0.15) is 4.90 Å². The summed E-state index contributed by atoms with van der Waals surface area (Å²) >= 11 is 0. The van der Waals surface area contributed by atoms with Crippen molar-refractivity contribution in [1.82, 2.24) is 19.4 Å². The van der Waals surface area contributed by atoms with Crippen molar-refractivity contribution in [3.8, 4) is 0 Å². The third-order valence-electron chi connectivity index (χ3n) is 5.04. The number of nitrogens with one attached hydrogen (secondary N) is 1. The minimum atomic E-state index is -3.48. The van der Waals surface area contributed by atoms with Gasteiger partial charge in [-0.15, -0.1) is 0 Å². The molecule has 0 aliphatic carbocycles. The Morgan fingerprint density at radius 1 is 1.08 bits per heavy atom. The van der Waals surface area contributed by atoms with E-state index in [1.807, 2.05) is 0 Å². The van der Waals surface area contributed by atoms with Crippen LogP contribution in [0.3, 0.4) is 0 Å². The minimum Gasteiger partial charge on any atom is -0.296 e. The van der Waals surface area contributed by atoms with Crippen molar-refractivity contribution in [1.29, 1.82) is 0 Å². The number of nitrogens with zero attached hydrogens (tertiary/aromatic N) is 3. The Balaban J connectivity index is 1.62. The maximum Gasteiger partial charge on any atom is 0.246 e. The quantitative estimate of drug-likeness (QED) is 0.871. The first-order valence-corrected chi connectivity index (χ1v) is 10.6. The summed E-state index contributed by atoms with van der Waals surface area (Å²) in [6.45, 7) is 11.2. The fraction of sp³-hybridized carbons (Fsp3) is 0.526. The molecule has 1 aromatic heterocycles. The van der Waals surface area contributed by atoms with E-state index in [-0.39, 0.29) is 0 Å². The van der Waals surface area contributed by atoms with Crippen LogP contribution < -0.4 is 0 Å². The van der Waals surface area contributed by atoms with Crippen LogP contribution >= 0.6 is 0 Å². The van der Waals surface area contributed by atoms with E-state index in [2.05, 4.69) is 53.2 Å². The lowest BCUT2D eigenvalue weighted by Crippen LogP contribution is -2.48. The molecule has 0 bridgehead atoms. The average Bonchev–Trinajstić information content (AvgIpc) is 2.95. The largest absolute Gasteiger partial charge is 0.296 e. The molecule has 1 N–H and O–H groups in total. The van der Waals surface area contributed by atoms with Crippen LogP contribution in [0.4, 0.5) is 0 Å². The summed E-state index contributed by atoms with van der Waals surface area (Å²) in [5.74, 6) is 0.535. The van der Waals surface area contributed by atoms with Gasteiger partial charge in [-0.3, -0.25) is 10.00 Å². The maximum atomic E-state index is 12.9. The predicted octanol–water partition coefficient (Wildman–Crippen LogP) is 2.66. The van der Waals surface area contributed by atoms with Crippen molar-refractivity contribution in [3.05, 3.63) is 46.8 Å². The highest BCUT2D eigenvalue weighted by molar-refractivity contribution is 7.89. The fourth-order valence-corrected chi connectivity index (χ4v) is 5.20. The first-order chi connectivity index (χ1) is 12.3. The van der Waals surface area contributed by atoms with Gasteiger partial charge in [0.15, 0.2) is 0 Å². The number of piperazine rings is 1. The number of benzene rings is 1. The molecule has 1 saturated heterocycles. The Bertz CT molecular complexity index is 829. The average molecular weight is 377 g/mol. The van der Waals surface area contributed by atoms with Crippen LogP contribution in [0.15, 0.2) is 29.2 Å². The van der Waals surface area contributed by atoms with E-state index < -0.39 is 10.0 Å². The summed E-state index contributed by atoms with van der Waals surface area (Å²) in [5.41, 5.74) is 3.76. The van der Waals surface area contributed by atoms with Crippen molar-refractivity contribution >= 4 is 10.0 Å². The molecule has 2 aromatic rings. The molecule has 142 valence electrons. The van der Waals surface area contributed by atoms with Crippen LogP contribution in [0, 0.1) is 13.8 Å². The molecule has 6 nitrogen and oxygen atoms in total. The topological polar surface area (TPSA) is 69.3 Å². The summed E-state index contributed by atoms with van der Waals surface area (Å²) in [7, 11) is -3.48. The molecule has 26 heavy (non-hydrogen) atoms. The number of H-pyrrole nitrogens is 1. The molecule has 1 aliphatic rings. The molecule has 0 unspecified atom stereocenters. The predicted molar refractivity (Wildman–Crippen MR) is 103 cm³/mol. The second-order valence-corrected chi connectivity index (χ2v) is 9.21. The molecule has 0 saturated carbocycles. The number of sulfonamides is 1. The van der Waals surface area contributed by atoms with Gasteiger partial charge in [0.05, 0.1) is 11.4 Å². The van der Waals surface area contributed by atoms with E-state index in [0.29, 0.717) is 35.3 Å². The molecular formula is C19H28N4O2S. The molecule has 0 amide bonds. The lowest BCUT2D eigenvalue weighted by atomic mass is 10.0. The van der Waals surface area contributed by atoms with Gasteiger partial charge in [-0.25, -0.2) is 8.42 Å². The van der Waals surface area contributed by atoms with E-state index >= 15 is 0 Å². The van der Waals surface area contributed by atoms with Gasteiger partial charge in [0, 0.05) is 32.7 Å². The normalized spacial score (nSPS) is 17.1. The van der Waals surface area contributed by atoms with Gasteiger partial charge in [-0.05, 0) is 30.9 Å². The van der Waals surface area contributed by atoms with E-state index in [9.17, 15) is 8.42 Å². The highest BCUT2D eigenvalue weighted by Crippen LogP contribution is 2.23. The lowest BCUT2D eigenvalue weighted by Gasteiger charge is -2.34. The summed E-state index contributed by atoms with van der Waals surface area (Å²) in [6.07, 6.45) is 0. The molecule has 1 aromatic carbocycles. The number of aromatic nitrogens is 2. The fourth-order valence-electron chi connectivity index (χ4n) is 3.44. The summed E-state index contributed by atoms with van der Waals surface area (Å²) in [5, 5.41) is 6.80. The Labute approximate surface area is 156 Å². The molecule has 0 spiro atoms. The van der Waals surface area contributed by atoms with Crippen molar-refractivity contribution in [2.45, 2.75) is 45.1 Å². The van der Waals surface area contributed by atoms with Crippen LogP contribution in [-0.4, -0.2) is 54.0 Å². The Morgan fingerprint density at radius 3 is 2.19 bits per heavy atom. The van der Waals surface area contributed by atoms with Gasteiger partial charge >= 0.3 is 0 Å². The smallest absolute Gasteiger partial charge is 0.246 e. The minimum absolute atomic E-state index is 0.329. The van der Waals surface area contributed by atoms with Crippen molar-refractivity contribution in [2.24, 2.45) is 0 Å². The zero-order valence-corrected chi connectivity index (χ0v) is 16.8. The molecule has 0 radical (unpaired) electrons. The second kappa shape index (κ2) is 7.50. The molecular weight excluding hydrogens is 348 g/mol. The monoisotopic (exact) mass is 376 g/mol. The van der Waals surface area contributed by atoms with E-state index in [0.717, 1.165) is 19.6 Å². The van der Waals surface area contributed by atoms with Gasteiger partial charge in [0.25, 0.3) is 0 Å². The number of rotatable bonds is 5. The van der Waals surface area contributed by atoms with E-state index in [1.165, 1.54) is 11.1 Å². The SMILES string of the molecule is Cc1n[nH]c(C)c1S(=O)(=O)N1CCN(Cc2ccc(C(C)C)cc2)CC1. The van der Waals surface area contributed by atoms with Crippen LogP contribution in [-0.2, 0) is 16.6 Å². The molecule has 1 aliphatic heterocycles. The second-order valence-electron chi connectivity index (χ2n) is 7.34. The van der Waals surface area contributed by atoms with Gasteiger partial charge < -0.3 is 0 Å². The summed E-state index contributed by atoms with van der Waals surface area (Å²) < 4.78 is 27.4. The Hall–Kier alpha value is -1.70. The zero-order valence-electron chi connectivity index (χ0n) is 16.0. The van der Waals surface area contributed by atoms with Crippen LogP contribution in [0.1, 0.15) is 42.3 Å². The molecule has 1 fully saturated rings. The third-order valence-corrected chi connectivity index (χ3v) is 7.20. The van der Waals surface area contributed by atoms with Crippen LogP contribution in [0.25, 0.3) is 0 Å². The first-order valence-electron chi connectivity index (χ1n) is 9.12. The number of hydrogen-bond acceptors (Lipinski definition) is 4. The Morgan fingerprint density at radius 2 is 1.69 bits per heavy atom. The van der Waals surface area contributed by atoms with Crippen LogP contribution in [0.2, 0.25) is 0 Å². The first kappa shape index (κ1) is 19.1. The standard InChI is InChI=1S/C19H28N4O2S/c1-14(2)18-7-5-17(6-8-18)13-22-9-11-23(12-10-22)26(24,25)19-15(3)20-21-16(19)4/h5-8,14H,9-13H2,1-4H3,(H,20,21). The van der Waals surface area contributed by atoms with Gasteiger partial charge in [-0.2, -0.15) is 9.40 Å². The van der Waals surface area contributed by atoms with Crippen molar-refractivity contribution < 1.29 is 8.42 Å². The molecule has 2 heterocycles. The third kappa shape index (κ3) is 3.84. The molecule has 7 heteroatoms. The van der Waals surface area contributed by atoms with E-state index in [4.69, 9.17) is 0 Å². The molecule has 0 atom stereocenters. The van der Waals surface area contributed by atoms with E-state index in [1.54, 1.807) is 18.2 Å².